The summed E-state index contributed by atoms with van der Waals surface area (Å²) in [6.45, 7) is 2.05. The molecule has 0 unspecified atom stereocenters. The molecule has 0 spiro atoms. The van der Waals surface area contributed by atoms with Gasteiger partial charge in [0.2, 0.25) is 0 Å². The fourth-order valence-electron chi connectivity index (χ4n) is 1.23. The molecule has 1 heterocycles. The van der Waals surface area contributed by atoms with Crippen molar-refractivity contribution in [2.45, 2.75) is 25.8 Å². The van der Waals surface area contributed by atoms with E-state index < -0.39 is 24.6 Å². The maximum Gasteiger partial charge on any atom is 0.287 e. The minimum atomic E-state index is -3.06. The SMILES string of the molecule is CC(C)n1ncc(NCC(F)(F)CN)c(Cl)c1=O. The number of nitrogens with zero attached hydrogens (tertiary/aromatic N) is 2. The Balaban J connectivity index is 2.93. The van der Waals surface area contributed by atoms with E-state index in [0.29, 0.717) is 0 Å². The third kappa shape index (κ3) is 3.39. The number of hydrogen-bond acceptors (Lipinski definition) is 4. The van der Waals surface area contributed by atoms with Crippen molar-refractivity contribution in [3.8, 4) is 0 Å². The summed E-state index contributed by atoms with van der Waals surface area (Å²) in [5.74, 6) is -3.06. The minimum Gasteiger partial charge on any atom is -0.376 e. The van der Waals surface area contributed by atoms with Crippen LogP contribution in [0, 0.1) is 0 Å². The van der Waals surface area contributed by atoms with Crippen molar-refractivity contribution in [2.24, 2.45) is 5.73 Å². The Morgan fingerprint density at radius 2 is 2.22 bits per heavy atom. The van der Waals surface area contributed by atoms with Gasteiger partial charge in [0.05, 0.1) is 31.0 Å². The van der Waals surface area contributed by atoms with Crippen LogP contribution in [0.15, 0.2) is 11.0 Å². The fraction of sp³-hybridized carbons (Fsp3) is 0.600. The van der Waals surface area contributed by atoms with E-state index in [0.717, 1.165) is 0 Å². The third-order valence-corrected chi connectivity index (χ3v) is 2.63. The van der Waals surface area contributed by atoms with Gasteiger partial charge in [0.25, 0.3) is 11.5 Å². The second kappa shape index (κ2) is 5.62. The van der Waals surface area contributed by atoms with E-state index in [2.05, 4.69) is 10.4 Å². The van der Waals surface area contributed by atoms with E-state index in [-0.39, 0.29) is 16.8 Å². The highest BCUT2D eigenvalue weighted by Crippen LogP contribution is 2.19. The van der Waals surface area contributed by atoms with Gasteiger partial charge in [-0.25, -0.2) is 13.5 Å². The van der Waals surface area contributed by atoms with Gasteiger partial charge in [0.1, 0.15) is 5.02 Å². The van der Waals surface area contributed by atoms with E-state index in [1.165, 1.54) is 10.9 Å². The lowest BCUT2D eigenvalue weighted by molar-refractivity contribution is 0.0254. The van der Waals surface area contributed by atoms with E-state index in [4.69, 9.17) is 17.3 Å². The molecule has 0 atom stereocenters. The van der Waals surface area contributed by atoms with Crippen LogP contribution in [0.5, 0.6) is 0 Å². The summed E-state index contributed by atoms with van der Waals surface area (Å²) in [6.07, 6.45) is 1.25. The zero-order valence-electron chi connectivity index (χ0n) is 10.1. The summed E-state index contributed by atoms with van der Waals surface area (Å²) in [5, 5.41) is 6.06. The molecule has 0 saturated heterocycles. The van der Waals surface area contributed by atoms with Gasteiger partial charge < -0.3 is 11.1 Å². The average molecular weight is 281 g/mol. The molecule has 0 radical (unpaired) electrons. The van der Waals surface area contributed by atoms with Crippen LogP contribution >= 0.6 is 11.6 Å². The smallest absolute Gasteiger partial charge is 0.287 e. The number of hydrogen-bond donors (Lipinski definition) is 2. The molecule has 0 amide bonds. The van der Waals surface area contributed by atoms with Crippen LogP contribution in [-0.2, 0) is 0 Å². The second-order valence-electron chi connectivity index (χ2n) is 4.13. The van der Waals surface area contributed by atoms with E-state index in [1.54, 1.807) is 13.8 Å². The monoisotopic (exact) mass is 280 g/mol. The van der Waals surface area contributed by atoms with Gasteiger partial charge >= 0.3 is 0 Å². The molecule has 1 aromatic rings. The summed E-state index contributed by atoms with van der Waals surface area (Å²) < 4.78 is 27.1. The highest BCUT2D eigenvalue weighted by atomic mass is 35.5. The van der Waals surface area contributed by atoms with Crippen molar-refractivity contribution in [3.05, 3.63) is 21.6 Å². The van der Waals surface area contributed by atoms with Crippen molar-refractivity contribution in [2.75, 3.05) is 18.4 Å². The molecular formula is C10H15ClF2N4O. The Labute approximate surface area is 108 Å². The molecule has 3 N–H and O–H groups in total. The molecule has 8 heteroatoms. The fourth-order valence-corrected chi connectivity index (χ4v) is 1.43. The second-order valence-corrected chi connectivity index (χ2v) is 4.51. The first-order valence-corrected chi connectivity index (χ1v) is 5.75. The summed E-state index contributed by atoms with van der Waals surface area (Å²) >= 11 is 5.80. The van der Waals surface area contributed by atoms with Gasteiger partial charge in [0, 0.05) is 0 Å². The molecular weight excluding hydrogens is 266 g/mol. The molecule has 0 saturated carbocycles. The zero-order chi connectivity index (χ0) is 13.9. The van der Waals surface area contributed by atoms with Crippen LogP contribution in [0.1, 0.15) is 19.9 Å². The van der Waals surface area contributed by atoms with Crippen molar-refractivity contribution >= 4 is 17.3 Å². The molecule has 0 aliphatic carbocycles. The Morgan fingerprint density at radius 3 is 2.72 bits per heavy atom. The minimum absolute atomic E-state index is 0.0756. The summed E-state index contributed by atoms with van der Waals surface area (Å²) in [6, 6.07) is -0.158. The van der Waals surface area contributed by atoms with Crippen LogP contribution in [0.4, 0.5) is 14.5 Å². The van der Waals surface area contributed by atoms with Crippen molar-refractivity contribution < 1.29 is 8.78 Å². The molecule has 1 rings (SSSR count). The van der Waals surface area contributed by atoms with Crippen LogP contribution in [-0.4, -0.2) is 28.8 Å². The van der Waals surface area contributed by atoms with Crippen molar-refractivity contribution in [1.29, 1.82) is 0 Å². The molecule has 5 nitrogen and oxygen atoms in total. The Morgan fingerprint density at radius 1 is 1.61 bits per heavy atom. The predicted octanol–water partition coefficient (Wildman–Crippen LogP) is 1.48. The van der Waals surface area contributed by atoms with E-state index in [1.807, 2.05) is 0 Å². The van der Waals surface area contributed by atoms with E-state index >= 15 is 0 Å². The number of anilines is 1. The highest BCUT2D eigenvalue weighted by Gasteiger charge is 2.26. The average Bonchev–Trinajstić information content (AvgIpc) is 2.30. The van der Waals surface area contributed by atoms with Gasteiger partial charge in [-0.3, -0.25) is 4.79 Å². The Kier molecular flexibility index (Phi) is 4.64. The van der Waals surface area contributed by atoms with Crippen molar-refractivity contribution in [1.82, 2.24) is 9.78 Å². The number of nitrogens with one attached hydrogen (secondary N) is 1. The maximum atomic E-state index is 12.9. The number of aromatic nitrogens is 2. The lowest BCUT2D eigenvalue weighted by atomic mass is 10.3. The predicted molar refractivity (Wildman–Crippen MR) is 66.4 cm³/mol. The van der Waals surface area contributed by atoms with Gasteiger partial charge in [-0.15, -0.1) is 0 Å². The normalized spacial score (nSPS) is 11.9. The number of rotatable bonds is 5. The maximum absolute atomic E-state index is 12.9. The van der Waals surface area contributed by atoms with Crippen molar-refractivity contribution in [3.63, 3.8) is 0 Å². The van der Waals surface area contributed by atoms with Crippen LogP contribution in [0.3, 0.4) is 0 Å². The molecule has 0 bridgehead atoms. The Hall–Kier alpha value is -1.21. The third-order valence-electron chi connectivity index (χ3n) is 2.27. The van der Waals surface area contributed by atoms with Gasteiger partial charge in [-0.2, -0.15) is 5.10 Å². The molecule has 102 valence electrons. The van der Waals surface area contributed by atoms with Gasteiger partial charge in [0.15, 0.2) is 0 Å². The van der Waals surface area contributed by atoms with Crippen LogP contribution in [0.25, 0.3) is 0 Å². The lowest BCUT2D eigenvalue weighted by Crippen LogP contribution is -2.36. The molecule has 0 aromatic carbocycles. The van der Waals surface area contributed by atoms with E-state index in [9.17, 15) is 13.6 Å². The number of nitrogens with two attached hydrogens (primary N) is 1. The van der Waals surface area contributed by atoms with Crippen LogP contribution in [0.2, 0.25) is 5.02 Å². The molecule has 1 aromatic heterocycles. The number of halogens is 3. The summed E-state index contributed by atoms with van der Waals surface area (Å²) in [5.41, 5.74) is 4.45. The first-order valence-electron chi connectivity index (χ1n) is 5.37. The Bertz CT molecular complexity index is 475. The quantitative estimate of drug-likeness (QED) is 0.857. The lowest BCUT2D eigenvalue weighted by Gasteiger charge is -2.16. The molecule has 0 aliphatic heterocycles. The van der Waals surface area contributed by atoms with Gasteiger partial charge in [-0.1, -0.05) is 11.6 Å². The standard InChI is InChI=1S/C10H15ClF2N4O/c1-6(2)17-9(18)8(11)7(3-16-17)15-5-10(12,13)4-14/h3,6,15H,4-5,14H2,1-2H3. The topological polar surface area (TPSA) is 72.9 Å². The first kappa shape index (κ1) is 14.8. The largest absolute Gasteiger partial charge is 0.376 e. The summed E-state index contributed by atoms with van der Waals surface area (Å²) in [7, 11) is 0. The number of alkyl halides is 2. The molecule has 0 fully saturated rings. The van der Waals surface area contributed by atoms with Crippen LogP contribution < -0.4 is 16.6 Å². The van der Waals surface area contributed by atoms with Gasteiger partial charge in [-0.05, 0) is 13.8 Å². The molecule has 18 heavy (non-hydrogen) atoms. The zero-order valence-corrected chi connectivity index (χ0v) is 10.8. The first-order chi connectivity index (χ1) is 8.28. The molecule has 0 aliphatic rings. The summed E-state index contributed by atoms with van der Waals surface area (Å²) in [4.78, 5) is 11.7. The highest BCUT2D eigenvalue weighted by molar-refractivity contribution is 6.32.